The minimum absolute atomic E-state index is 0.105. The first-order valence-electron chi connectivity index (χ1n) is 6.17. The zero-order valence-corrected chi connectivity index (χ0v) is 11.7. The van der Waals surface area contributed by atoms with Crippen LogP contribution in [0.3, 0.4) is 0 Å². The van der Waals surface area contributed by atoms with Crippen LogP contribution in [0.5, 0.6) is 0 Å². The van der Waals surface area contributed by atoms with E-state index >= 15 is 0 Å². The van der Waals surface area contributed by atoms with Crippen LogP contribution in [-0.4, -0.2) is 30.9 Å². The van der Waals surface area contributed by atoms with E-state index in [9.17, 15) is 14.4 Å². The number of rotatable bonds is 5. The summed E-state index contributed by atoms with van der Waals surface area (Å²) in [5.41, 5.74) is 0.957. The molecule has 6 heteroatoms. The van der Waals surface area contributed by atoms with Gasteiger partial charge in [-0.2, -0.15) is 0 Å². The Morgan fingerprint density at radius 1 is 1.30 bits per heavy atom. The minimum Gasteiger partial charge on any atom is -0.469 e. The number of hydrogen-bond donors (Lipinski definition) is 2. The van der Waals surface area contributed by atoms with Gasteiger partial charge < -0.3 is 15.4 Å². The first-order chi connectivity index (χ1) is 9.42. The standard InChI is InChI=1S/C14H18N2O4/c1-9(7-13(18)20-3)15-14(19)11-5-4-6-12(8-11)16-10(2)17/h4-6,8-9H,7H2,1-3H3,(H,15,19)(H,16,17). The third kappa shape index (κ3) is 5.09. The number of methoxy groups -OCH3 is 1. The predicted octanol–water partition coefficient (Wildman–Crippen LogP) is 1.33. The number of nitrogens with one attached hydrogen (secondary N) is 2. The second-order valence-corrected chi connectivity index (χ2v) is 4.42. The van der Waals surface area contributed by atoms with Crippen molar-refractivity contribution in [2.45, 2.75) is 26.3 Å². The van der Waals surface area contributed by atoms with Gasteiger partial charge in [0.1, 0.15) is 0 Å². The number of hydrogen-bond acceptors (Lipinski definition) is 4. The van der Waals surface area contributed by atoms with E-state index in [0.29, 0.717) is 11.3 Å². The Balaban J connectivity index is 2.67. The minimum atomic E-state index is -0.384. The summed E-state index contributed by atoms with van der Waals surface area (Å²) in [6, 6.07) is 6.23. The molecule has 0 heterocycles. The number of ether oxygens (including phenoxy) is 1. The zero-order chi connectivity index (χ0) is 15.1. The van der Waals surface area contributed by atoms with E-state index < -0.39 is 0 Å². The van der Waals surface area contributed by atoms with E-state index in [-0.39, 0.29) is 30.2 Å². The molecule has 6 nitrogen and oxygen atoms in total. The molecule has 0 spiro atoms. The van der Waals surface area contributed by atoms with Crippen LogP contribution in [0.1, 0.15) is 30.6 Å². The summed E-state index contributed by atoms with van der Waals surface area (Å²) in [5.74, 6) is -0.903. The molecule has 20 heavy (non-hydrogen) atoms. The van der Waals surface area contributed by atoms with Crippen molar-refractivity contribution in [1.82, 2.24) is 5.32 Å². The fraction of sp³-hybridized carbons (Fsp3) is 0.357. The van der Waals surface area contributed by atoms with E-state index in [2.05, 4.69) is 15.4 Å². The molecule has 2 N–H and O–H groups in total. The van der Waals surface area contributed by atoms with Gasteiger partial charge in [-0.05, 0) is 25.1 Å². The van der Waals surface area contributed by atoms with Crippen molar-refractivity contribution in [1.29, 1.82) is 0 Å². The van der Waals surface area contributed by atoms with E-state index in [1.54, 1.807) is 31.2 Å². The highest BCUT2D eigenvalue weighted by atomic mass is 16.5. The van der Waals surface area contributed by atoms with Crippen molar-refractivity contribution in [3.8, 4) is 0 Å². The Hall–Kier alpha value is -2.37. The molecule has 0 fully saturated rings. The van der Waals surface area contributed by atoms with Crippen molar-refractivity contribution in [2.75, 3.05) is 12.4 Å². The number of benzene rings is 1. The molecule has 1 rings (SSSR count). The average molecular weight is 278 g/mol. The van der Waals surface area contributed by atoms with Crippen molar-refractivity contribution >= 4 is 23.5 Å². The Morgan fingerprint density at radius 2 is 2.00 bits per heavy atom. The molecule has 0 saturated heterocycles. The summed E-state index contributed by atoms with van der Waals surface area (Å²) in [5, 5.41) is 5.29. The zero-order valence-electron chi connectivity index (χ0n) is 11.7. The fourth-order valence-corrected chi connectivity index (χ4v) is 1.63. The van der Waals surface area contributed by atoms with Crippen LogP contribution >= 0.6 is 0 Å². The molecule has 0 aliphatic carbocycles. The second-order valence-electron chi connectivity index (χ2n) is 4.42. The highest BCUT2D eigenvalue weighted by Crippen LogP contribution is 2.11. The van der Waals surface area contributed by atoms with Gasteiger partial charge in [-0.15, -0.1) is 0 Å². The SMILES string of the molecule is COC(=O)CC(C)NC(=O)c1cccc(NC(C)=O)c1. The summed E-state index contributed by atoms with van der Waals surface area (Å²) >= 11 is 0. The molecule has 1 aromatic rings. The molecule has 1 unspecified atom stereocenters. The summed E-state index contributed by atoms with van der Waals surface area (Å²) in [7, 11) is 1.30. The van der Waals surface area contributed by atoms with Crippen LogP contribution in [0.4, 0.5) is 5.69 Å². The Morgan fingerprint density at radius 3 is 2.60 bits per heavy atom. The van der Waals surface area contributed by atoms with Gasteiger partial charge in [-0.1, -0.05) is 6.07 Å². The molecule has 1 atom stereocenters. The van der Waals surface area contributed by atoms with Gasteiger partial charge in [0.15, 0.2) is 0 Å². The van der Waals surface area contributed by atoms with Crippen LogP contribution in [0.2, 0.25) is 0 Å². The van der Waals surface area contributed by atoms with Crippen molar-refractivity contribution in [2.24, 2.45) is 0 Å². The Bertz CT molecular complexity index is 514. The molecular weight excluding hydrogens is 260 g/mol. The van der Waals surface area contributed by atoms with Gasteiger partial charge >= 0.3 is 5.97 Å². The lowest BCUT2D eigenvalue weighted by atomic mass is 10.1. The Labute approximate surface area is 117 Å². The van der Waals surface area contributed by atoms with E-state index in [4.69, 9.17) is 0 Å². The molecule has 0 bridgehead atoms. The maximum atomic E-state index is 12.0. The lowest BCUT2D eigenvalue weighted by Crippen LogP contribution is -2.34. The molecule has 0 saturated carbocycles. The van der Waals surface area contributed by atoms with E-state index in [1.165, 1.54) is 14.0 Å². The van der Waals surface area contributed by atoms with Crippen molar-refractivity contribution in [3.63, 3.8) is 0 Å². The van der Waals surface area contributed by atoms with Gasteiger partial charge in [0.25, 0.3) is 5.91 Å². The largest absolute Gasteiger partial charge is 0.469 e. The van der Waals surface area contributed by atoms with E-state index in [1.807, 2.05) is 0 Å². The molecule has 0 aliphatic rings. The normalized spacial score (nSPS) is 11.3. The number of esters is 1. The third-order valence-electron chi connectivity index (χ3n) is 2.52. The van der Waals surface area contributed by atoms with Crippen molar-refractivity contribution < 1.29 is 19.1 Å². The van der Waals surface area contributed by atoms with Crippen LogP contribution in [0.25, 0.3) is 0 Å². The smallest absolute Gasteiger partial charge is 0.307 e. The number of carbonyl (C=O) groups is 3. The average Bonchev–Trinajstić information content (AvgIpc) is 2.37. The third-order valence-corrected chi connectivity index (χ3v) is 2.52. The van der Waals surface area contributed by atoms with Crippen LogP contribution in [0.15, 0.2) is 24.3 Å². The topological polar surface area (TPSA) is 84.5 Å². The van der Waals surface area contributed by atoms with E-state index in [0.717, 1.165) is 0 Å². The summed E-state index contributed by atoms with van der Waals surface area (Å²) in [6.07, 6.45) is 0.105. The Kier molecular flexibility index (Phi) is 5.71. The van der Waals surface area contributed by atoms with Crippen LogP contribution < -0.4 is 10.6 Å². The monoisotopic (exact) mass is 278 g/mol. The maximum Gasteiger partial charge on any atom is 0.307 e. The van der Waals surface area contributed by atoms with Gasteiger partial charge in [0.2, 0.25) is 5.91 Å². The highest BCUT2D eigenvalue weighted by molar-refractivity contribution is 5.97. The van der Waals surface area contributed by atoms with Gasteiger partial charge in [-0.25, -0.2) is 0 Å². The van der Waals surface area contributed by atoms with Crippen LogP contribution in [-0.2, 0) is 14.3 Å². The summed E-state index contributed by atoms with van der Waals surface area (Å²) in [4.78, 5) is 34.0. The summed E-state index contributed by atoms with van der Waals surface area (Å²) < 4.78 is 4.53. The molecule has 1 aromatic carbocycles. The first kappa shape index (κ1) is 15.7. The lowest BCUT2D eigenvalue weighted by Gasteiger charge is -2.13. The number of anilines is 1. The molecular formula is C14H18N2O4. The van der Waals surface area contributed by atoms with Gasteiger partial charge in [-0.3, -0.25) is 14.4 Å². The highest BCUT2D eigenvalue weighted by Gasteiger charge is 2.13. The first-order valence-corrected chi connectivity index (χ1v) is 6.17. The number of carbonyl (C=O) groups excluding carboxylic acids is 3. The lowest BCUT2D eigenvalue weighted by molar-refractivity contribution is -0.141. The fourth-order valence-electron chi connectivity index (χ4n) is 1.63. The molecule has 108 valence electrons. The number of amides is 2. The maximum absolute atomic E-state index is 12.0. The van der Waals surface area contributed by atoms with Crippen molar-refractivity contribution in [3.05, 3.63) is 29.8 Å². The van der Waals surface area contributed by atoms with Gasteiger partial charge in [0, 0.05) is 24.2 Å². The molecule has 0 radical (unpaired) electrons. The molecule has 0 aliphatic heterocycles. The second kappa shape index (κ2) is 7.28. The van der Waals surface area contributed by atoms with Gasteiger partial charge in [0.05, 0.1) is 13.5 Å². The molecule has 0 aromatic heterocycles. The van der Waals surface area contributed by atoms with Crippen LogP contribution in [0, 0.1) is 0 Å². The quantitative estimate of drug-likeness (QED) is 0.796. The predicted molar refractivity (Wildman–Crippen MR) is 74.3 cm³/mol. The summed E-state index contributed by atoms with van der Waals surface area (Å²) in [6.45, 7) is 3.11. The molecule has 2 amide bonds.